The molecule has 0 saturated carbocycles. The lowest BCUT2D eigenvalue weighted by molar-refractivity contribution is 0.0308. The van der Waals surface area contributed by atoms with E-state index in [9.17, 15) is 5.11 Å². The minimum absolute atomic E-state index is 0.253. The van der Waals surface area contributed by atoms with Crippen LogP contribution in [0.2, 0.25) is 0 Å². The van der Waals surface area contributed by atoms with Crippen LogP contribution in [0.5, 0.6) is 0 Å². The second kappa shape index (κ2) is 9.01. The lowest BCUT2D eigenvalue weighted by atomic mass is 10.2. The summed E-state index contributed by atoms with van der Waals surface area (Å²) >= 11 is 0. The Hall–Kier alpha value is -0.0800. The number of hydrogen-bond acceptors (Lipinski definition) is 2. The molecule has 0 aromatic heterocycles. The maximum atomic E-state index is 9.28. The van der Waals surface area contributed by atoms with Gasteiger partial charge in [-0.25, -0.2) is 0 Å². The smallest absolute Gasteiger partial charge is 0.0773 e. The van der Waals surface area contributed by atoms with E-state index in [1.54, 1.807) is 0 Å². The topological polar surface area (TPSA) is 29.5 Å². The summed E-state index contributed by atoms with van der Waals surface area (Å²) in [6, 6.07) is 0. The number of unbranched alkanes of at least 4 members (excludes halogenated alkanes) is 2. The number of aliphatic hydroxyl groups is 1. The summed E-state index contributed by atoms with van der Waals surface area (Å²) in [6.07, 6.45) is 5.20. The minimum Gasteiger partial charge on any atom is -0.391 e. The van der Waals surface area contributed by atoms with Crippen LogP contribution in [0.3, 0.4) is 0 Å². The molecule has 0 heterocycles. The van der Waals surface area contributed by atoms with E-state index in [1.165, 1.54) is 12.8 Å². The summed E-state index contributed by atoms with van der Waals surface area (Å²) in [7, 11) is 0. The monoisotopic (exact) mass is 174 g/mol. The van der Waals surface area contributed by atoms with Gasteiger partial charge in [-0.1, -0.05) is 33.1 Å². The van der Waals surface area contributed by atoms with Gasteiger partial charge in [-0.05, 0) is 12.8 Å². The molecule has 1 atom stereocenters. The van der Waals surface area contributed by atoms with Crippen LogP contribution in [0.4, 0.5) is 0 Å². The first-order valence-corrected chi connectivity index (χ1v) is 5.07. The molecule has 0 aliphatic rings. The van der Waals surface area contributed by atoms with Crippen molar-refractivity contribution >= 4 is 0 Å². The standard InChI is InChI=1S/C10H22O2/c1-3-5-6-8-12-9-10(11)7-4-2/h10-11H,3-9H2,1-2H3. The predicted octanol–water partition coefficient (Wildman–Crippen LogP) is 2.35. The average Bonchev–Trinajstić information content (AvgIpc) is 2.05. The number of hydrogen-bond donors (Lipinski definition) is 1. The molecular weight excluding hydrogens is 152 g/mol. The molecule has 2 nitrogen and oxygen atoms in total. The molecule has 0 radical (unpaired) electrons. The van der Waals surface area contributed by atoms with Crippen molar-refractivity contribution < 1.29 is 9.84 Å². The van der Waals surface area contributed by atoms with E-state index in [-0.39, 0.29) is 6.10 Å². The molecule has 2 heteroatoms. The number of rotatable bonds is 8. The third-order valence-electron chi connectivity index (χ3n) is 1.82. The normalized spacial score (nSPS) is 13.2. The van der Waals surface area contributed by atoms with E-state index in [0.717, 1.165) is 25.9 Å². The molecular formula is C10H22O2. The van der Waals surface area contributed by atoms with Gasteiger partial charge in [0, 0.05) is 6.61 Å². The average molecular weight is 174 g/mol. The fourth-order valence-electron chi connectivity index (χ4n) is 1.09. The molecule has 0 aliphatic heterocycles. The van der Waals surface area contributed by atoms with Crippen LogP contribution in [0.15, 0.2) is 0 Å². The van der Waals surface area contributed by atoms with Crippen molar-refractivity contribution in [3.63, 3.8) is 0 Å². The number of aliphatic hydroxyl groups excluding tert-OH is 1. The van der Waals surface area contributed by atoms with E-state index >= 15 is 0 Å². The van der Waals surface area contributed by atoms with Gasteiger partial charge in [0.1, 0.15) is 0 Å². The van der Waals surface area contributed by atoms with Gasteiger partial charge >= 0.3 is 0 Å². The molecule has 0 rings (SSSR count). The van der Waals surface area contributed by atoms with Gasteiger partial charge in [0.25, 0.3) is 0 Å². The Labute approximate surface area is 75.9 Å². The Morgan fingerprint density at radius 3 is 2.50 bits per heavy atom. The molecule has 0 saturated heterocycles. The highest BCUT2D eigenvalue weighted by Crippen LogP contribution is 1.98. The molecule has 0 amide bonds. The van der Waals surface area contributed by atoms with Crippen LogP contribution in [-0.2, 0) is 4.74 Å². The van der Waals surface area contributed by atoms with Gasteiger partial charge in [0.2, 0.25) is 0 Å². The molecule has 0 aliphatic carbocycles. The second-order valence-electron chi connectivity index (χ2n) is 3.22. The van der Waals surface area contributed by atoms with E-state index in [4.69, 9.17) is 4.74 Å². The Morgan fingerprint density at radius 1 is 1.17 bits per heavy atom. The zero-order valence-corrected chi connectivity index (χ0v) is 8.38. The van der Waals surface area contributed by atoms with Crippen molar-refractivity contribution in [1.82, 2.24) is 0 Å². The van der Waals surface area contributed by atoms with Gasteiger partial charge in [-0.15, -0.1) is 0 Å². The van der Waals surface area contributed by atoms with Crippen molar-refractivity contribution in [3.8, 4) is 0 Å². The van der Waals surface area contributed by atoms with Crippen LogP contribution in [-0.4, -0.2) is 24.4 Å². The van der Waals surface area contributed by atoms with Crippen molar-refractivity contribution in [2.75, 3.05) is 13.2 Å². The fourth-order valence-corrected chi connectivity index (χ4v) is 1.09. The molecule has 0 fully saturated rings. The third-order valence-corrected chi connectivity index (χ3v) is 1.82. The van der Waals surface area contributed by atoms with Crippen LogP contribution in [0.25, 0.3) is 0 Å². The summed E-state index contributed by atoms with van der Waals surface area (Å²) in [6.45, 7) is 5.55. The van der Waals surface area contributed by atoms with E-state index < -0.39 is 0 Å². The van der Waals surface area contributed by atoms with Gasteiger partial charge in [-0.3, -0.25) is 0 Å². The van der Waals surface area contributed by atoms with Crippen molar-refractivity contribution in [2.24, 2.45) is 0 Å². The fraction of sp³-hybridized carbons (Fsp3) is 1.00. The highest BCUT2D eigenvalue weighted by molar-refractivity contribution is 4.51. The van der Waals surface area contributed by atoms with Crippen LogP contribution in [0, 0.1) is 0 Å². The lowest BCUT2D eigenvalue weighted by Crippen LogP contribution is -2.15. The van der Waals surface area contributed by atoms with Gasteiger partial charge in [0.15, 0.2) is 0 Å². The van der Waals surface area contributed by atoms with Crippen LogP contribution in [0.1, 0.15) is 46.0 Å². The molecule has 74 valence electrons. The SMILES string of the molecule is CCCCCOCC(O)CCC. The Kier molecular flexibility index (Phi) is 8.95. The van der Waals surface area contributed by atoms with Crippen molar-refractivity contribution in [3.05, 3.63) is 0 Å². The molecule has 0 spiro atoms. The van der Waals surface area contributed by atoms with Crippen molar-refractivity contribution in [1.29, 1.82) is 0 Å². The van der Waals surface area contributed by atoms with E-state index in [1.807, 2.05) is 0 Å². The molecule has 0 aromatic rings. The quantitative estimate of drug-likeness (QED) is 0.572. The van der Waals surface area contributed by atoms with Gasteiger partial charge in [0.05, 0.1) is 12.7 Å². The van der Waals surface area contributed by atoms with Crippen LogP contribution >= 0.6 is 0 Å². The van der Waals surface area contributed by atoms with E-state index in [2.05, 4.69) is 13.8 Å². The summed E-state index contributed by atoms with van der Waals surface area (Å²) in [5.41, 5.74) is 0. The first kappa shape index (κ1) is 11.9. The molecule has 0 aromatic carbocycles. The Balaban J connectivity index is 2.97. The Morgan fingerprint density at radius 2 is 1.92 bits per heavy atom. The summed E-state index contributed by atoms with van der Waals surface area (Å²) in [5.74, 6) is 0. The largest absolute Gasteiger partial charge is 0.391 e. The third kappa shape index (κ3) is 8.02. The predicted molar refractivity (Wildman–Crippen MR) is 51.3 cm³/mol. The highest BCUT2D eigenvalue weighted by Gasteiger charge is 2.01. The Bertz CT molecular complexity index is 83.9. The van der Waals surface area contributed by atoms with Gasteiger partial charge in [-0.2, -0.15) is 0 Å². The second-order valence-corrected chi connectivity index (χ2v) is 3.22. The van der Waals surface area contributed by atoms with Crippen molar-refractivity contribution in [2.45, 2.75) is 52.1 Å². The molecule has 0 bridgehead atoms. The number of ether oxygens (including phenoxy) is 1. The summed E-state index contributed by atoms with van der Waals surface area (Å²) in [5, 5.41) is 9.28. The maximum Gasteiger partial charge on any atom is 0.0773 e. The highest BCUT2D eigenvalue weighted by atomic mass is 16.5. The minimum atomic E-state index is -0.253. The summed E-state index contributed by atoms with van der Waals surface area (Å²) < 4.78 is 5.30. The molecule has 1 N–H and O–H groups in total. The van der Waals surface area contributed by atoms with E-state index in [0.29, 0.717) is 6.61 Å². The summed E-state index contributed by atoms with van der Waals surface area (Å²) in [4.78, 5) is 0. The van der Waals surface area contributed by atoms with Crippen LogP contribution < -0.4 is 0 Å². The first-order chi connectivity index (χ1) is 5.81. The maximum absolute atomic E-state index is 9.28. The molecule has 12 heavy (non-hydrogen) atoms. The van der Waals surface area contributed by atoms with Gasteiger partial charge < -0.3 is 9.84 Å². The zero-order valence-electron chi connectivity index (χ0n) is 8.38. The molecule has 1 unspecified atom stereocenters. The lowest BCUT2D eigenvalue weighted by Gasteiger charge is -2.09. The first-order valence-electron chi connectivity index (χ1n) is 5.07. The zero-order chi connectivity index (χ0) is 9.23.